The Morgan fingerprint density at radius 2 is 1.95 bits per heavy atom. The lowest BCUT2D eigenvalue weighted by atomic mass is 10.0. The van der Waals surface area contributed by atoms with Gasteiger partial charge in [-0.1, -0.05) is 26.7 Å². The summed E-state index contributed by atoms with van der Waals surface area (Å²) in [5.74, 6) is 1.41. The Balaban J connectivity index is 2.13. The number of nitrogens with zero attached hydrogens (tertiary/aromatic N) is 1. The van der Waals surface area contributed by atoms with Crippen molar-refractivity contribution in [3.05, 3.63) is 0 Å². The van der Waals surface area contributed by atoms with Gasteiger partial charge >= 0.3 is 0 Å². The topological polar surface area (TPSA) is 41.6 Å². The highest BCUT2D eigenvalue weighted by molar-refractivity contribution is 5.84. The molecule has 0 aromatic carbocycles. The number of hydrogen-bond donors (Lipinski definition) is 1. The molecule has 2 fully saturated rings. The number of nitrogens with one attached hydrogen (secondary N) is 1. The summed E-state index contributed by atoms with van der Waals surface area (Å²) in [5, 5.41) is 3.63. The fourth-order valence-corrected chi connectivity index (χ4v) is 3.66. The molecular formula is C17H32N2O2. The molecular weight excluding hydrogens is 264 g/mol. The normalized spacial score (nSPS) is 28.1. The molecule has 1 N–H and O–H groups in total. The van der Waals surface area contributed by atoms with Crippen LogP contribution in [0.3, 0.4) is 0 Å². The van der Waals surface area contributed by atoms with Crippen molar-refractivity contribution in [1.29, 1.82) is 0 Å². The van der Waals surface area contributed by atoms with Crippen LogP contribution < -0.4 is 5.32 Å². The Labute approximate surface area is 129 Å². The summed E-state index contributed by atoms with van der Waals surface area (Å²) < 4.78 is 5.55. The van der Waals surface area contributed by atoms with Crippen molar-refractivity contribution in [1.82, 2.24) is 10.2 Å². The van der Waals surface area contributed by atoms with Gasteiger partial charge in [0.25, 0.3) is 0 Å². The molecule has 0 radical (unpaired) electrons. The zero-order valence-electron chi connectivity index (χ0n) is 14.3. The van der Waals surface area contributed by atoms with E-state index in [1.807, 2.05) is 0 Å². The van der Waals surface area contributed by atoms with Crippen molar-refractivity contribution >= 4 is 5.91 Å². The Kier molecular flexibility index (Phi) is 5.31. The molecule has 1 saturated heterocycles. The highest BCUT2D eigenvalue weighted by Crippen LogP contribution is 2.33. The highest BCUT2D eigenvalue weighted by Gasteiger charge is 2.44. The van der Waals surface area contributed by atoms with Crippen LogP contribution in [-0.4, -0.2) is 42.3 Å². The van der Waals surface area contributed by atoms with E-state index in [1.54, 1.807) is 7.11 Å². The van der Waals surface area contributed by atoms with Crippen molar-refractivity contribution in [3.63, 3.8) is 0 Å². The van der Waals surface area contributed by atoms with Gasteiger partial charge in [-0.15, -0.1) is 0 Å². The van der Waals surface area contributed by atoms with E-state index >= 15 is 0 Å². The van der Waals surface area contributed by atoms with Crippen molar-refractivity contribution in [2.75, 3.05) is 13.7 Å². The van der Waals surface area contributed by atoms with Crippen LogP contribution in [0.5, 0.6) is 0 Å². The van der Waals surface area contributed by atoms with Crippen LogP contribution in [0.25, 0.3) is 0 Å². The van der Waals surface area contributed by atoms with Gasteiger partial charge in [0.1, 0.15) is 0 Å². The number of carbonyl (C=O) groups is 1. The SMILES string of the molecule is COC(C)(C)CN1C(=O)C(CC(C)C)NC1C1CCCC1. The summed E-state index contributed by atoms with van der Waals surface area (Å²) in [7, 11) is 1.73. The van der Waals surface area contributed by atoms with Crippen LogP contribution in [0.1, 0.15) is 59.8 Å². The molecule has 122 valence electrons. The molecule has 21 heavy (non-hydrogen) atoms. The first-order chi connectivity index (χ1) is 9.84. The third kappa shape index (κ3) is 3.98. The molecule has 0 spiro atoms. The average molecular weight is 296 g/mol. The van der Waals surface area contributed by atoms with E-state index in [0.29, 0.717) is 18.4 Å². The maximum Gasteiger partial charge on any atom is 0.241 e. The monoisotopic (exact) mass is 296 g/mol. The summed E-state index contributed by atoms with van der Waals surface area (Å²) in [6, 6.07) is -0.0109. The minimum absolute atomic E-state index is 0.0109. The molecule has 4 heteroatoms. The van der Waals surface area contributed by atoms with Gasteiger partial charge < -0.3 is 9.64 Å². The van der Waals surface area contributed by atoms with E-state index in [-0.39, 0.29) is 23.7 Å². The summed E-state index contributed by atoms with van der Waals surface area (Å²) >= 11 is 0. The fraction of sp³-hybridized carbons (Fsp3) is 0.941. The van der Waals surface area contributed by atoms with E-state index in [9.17, 15) is 4.79 Å². The quantitative estimate of drug-likeness (QED) is 0.819. The second-order valence-electron chi connectivity index (χ2n) is 7.77. The van der Waals surface area contributed by atoms with E-state index < -0.39 is 0 Å². The molecule has 1 aliphatic carbocycles. The van der Waals surface area contributed by atoms with Crippen molar-refractivity contribution in [2.45, 2.75) is 77.6 Å². The summed E-state index contributed by atoms with van der Waals surface area (Å²) in [4.78, 5) is 14.9. The van der Waals surface area contributed by atoms with E-state index in [2.05, 4.69) is 37.9 Å². The second kappa shape index (κ2) is 6.66. The van der Waals surface area contributed by atoms with Crippen LogP contribution in [0.4, 0.5) is 0 Å². The lowest BCUT2D eigenvalue weighted by Gasteiger charge is -2.35. The zero-order valence-corrected chi connectivity index (χ0v) is 14.3. The van der Waals surface area contributed by atoms with Gasteiger partial charge in [0, 0.05) is 7.11 Å². The van der Waals surface area contributed by atoms with Gasteiger partial charge in [-0.25, -0.2) is 0 Å². The first-order valence-electron chi connectivity index (χ1n) is 8.46. The lowest BCUT2D eigenvalue weighted by Crippen LogP contribution is -2.49. The lowest BCUT2D eigenvalue weighted by molar-refractivity contribution is -0.134. The summed E-state index contributed by atoms with van der Waals surface area (Å²) in [5.41, 5.74) is -0.291. The molecule has 4 nitrogen and oxygen atoms in total. The number of rotatable bonds is 6. The maximum atomic E-state index is 12.8. The highest BCUT2D eigenvalue weighted by atomic mass is 16.5. The molecule has 2 unspecified atom stereocenters. The predicted molar refractivity (Wildman–Crippen MR) is 84.9 cm³/mol. The van der Waals surface area contributed by atoms with Gasteiger partial charge in [-0.3, -0.25) is 10.1 Å². The molecule has 1 amide bonds. The average Bonchev–Trinajstić information content (AvgIpc) is 3.01. The zero-order chi connectivity index (χ0) is 15.6. The number of ether oxygens (including phenoxy) is 1. The van der Waals surface area contributed by atoms with Gasteiger partial charge in [0.15, 0.2) is 0 Å². The fourth-order valence-electron chi connectivity index (χ4n) is 3.66. The molecule has 2 aliphatic rings. The minimum atomic E-state index is -0.291. The molecule has 2 atom stereocenters. The molecule has 0 aromatic rings. The van der Waals surface area contributed by atoms with Crippen molar-refractivity contribution in [3.8, 4) is 0 Å². The van der Waals surface area contributed by atoms with E-state index in [0.717, 1.165) is 6.42 Å². The van der Waals surface area contributed by atoms with E-state index in [1.165, 1.54) is 25.7 Å². The van der Waals surface area contributed by atoms with Crippen LogP contribution in [0, 0.1) is 11.8 Å². The predicted octanol–water partition coefficient (Wildman–Crippen LogP) is 2.77. The Morgan fingerprint density at radius 1 is 1.33 bits per heavy atom. The smallest absolute Gasteiger partial charge is 0.241 e. The third-order valence-electron chi connectivity index (χ3n) is 4.95. The number of hydrogen-bond acceptors (Lipinski definition) is 3. The van der Waals surface area contributed by atoms with Crippen LogP contribution >= 0.6 is 0 Å². The number of methoxy groups -OCH3 is 1. The van der Waals surface area contributed by atoms with Gasteiger partial charge in [0.05, 0.1) is 24.4 Å². The van der Waals surface area contributed by atoms with Crippen LogP contribution in [-0.2, 0) is 9.53 Å². The molecule has 1 aliphatic heterocycles. The van der Waals surface area contributed by atoms with E-state index in [4.69, 9.17) is 4.74 Å². The standard InChI is InChI=1S/C17H32N2O2/c1-12(2)10-14-16(20)19(11-17(3,4)21-5)15(18-14)13-8-6-7-9-13/h12-15,18H,6-11H2,1-5H3. The van der Waals surface area contributed by atoms with Crippen molar-refractivity contribution in [2.24, 2.45) is 11.8 Å². The largest absolute Gasteiger partial charge is 0.377 e. The number of amides is 1. The van der Waals surface area contributed by atoms with Crippen LogP contribution in [0.15, 0.2) is 0 Å². The first-order valence-corrected chi connectivity index (χ1v) is 8.46. The number of carbonyl (C=O) groups excluding carboxylic acids is 1. The summed E-state index contributed by atoms with van der Waals surface area (Å²) in [6.45, 7) is 9.15. The molecule has 2 rings (SSSR count). The van der Waals surface area contributed by atoms with Crippen LogP contribution in [0.2, 0.25) is 0 Å². The minimum Gasteiger partial charge on any atom is -0.377 e. The van der Waals surface area contributed by atoms with Gasteiger partial charge in [0.2, 0.25) is 5.91 Å². The molecule has 0 bridgehead atoms. The molecule has 0 aromatic heterocycles. The molecule has 1 heterocycles. The van der Waals surface area contributed by atoms with Gasteiger partial charge in [-0.2, -0.15) is 0 Å². The second-order valence-corrected chi connectivity index (χ2v) is 7.77. The van der Waals surface area contributed by atoms with Gasteiger partial charge in [-0.05, 0) is 44.9 Å². The Morgan fingerprint density at radius 3 is 2.48 bits per heavy atom. The first kappa shape index (κ1) is 16.8. The Bertz CT molecular complexity index is 362. The molecule has 1 saturated carbocycles. The third-order valence-corrected chi connectivity index (χ3v) is 4.95. The summed E-state index contributed by atoms with van der Waals surface area (Å²) in [6.07, 6.45) is 6.21. The Hall–Kier alpha value is -0.610. The maximum absolute atomic E-state index is 12.8. The van der Waals surface area contributed by atoms with Crippen molar-refractivity contribution < 1.29 is 9.53 Å².